The monoisotopic (exact) mass is 411 g/mol. The maximum atomic E-state index is 4.63. The molecule has 3 nitrogen and oxygen atoms in total. The molecule has 0 spiro atoms. The highest BCUT2D eigenvalue weighted by atomic mass is 127. The highest BCUT2D eigenvalue weighted by molar-refractivity contribution is 14.0. The van der Waals surface area contributed by atoms with Crippen LogP contribution in [0, 0.1) is 5.41 Å². The molecule has 1 N–H and O–H groups in total. The second-order valence-corrected chi connectivity index (χ2v) is 6.93. The molecular weight excluding hydrogens is 385 g/mol. The van der Waals surface area contributed by atoms with E-state index in [4.69, 9.17) is 0 Å². The van der Waals surface area contributed by atoms with Crippen LogP contribution >= 0.6 is 24.0 Å². The van der Waals surface area contributed by atoms with Gasteiger partial charge in [-0.15, -0.1) is 24.0 Å². The first kappa shape index (κ1) is 17.3. The number of nitrogens with zero attached hydrogens (tertiary/aromatic N) is 2. The predicted octanol–water partition coefficient (Wildman–Crippen LogP) is 4.87. The number of halogens is 1. The lowest BCUT2D eigenvalue weighted by Gasteiger charge is -2.34. The van der Waals surface area contributed by atoms with Crippen molar-refractivity contribution in [3.8, 4) is 0 Å². The molecule has 0 saturated carbocycles. The topological polar surface area (TPSA) is 27.6 Å². The van der Waals surface area contributed by atoms with Gasteiger partial charge in [0.2, 0.25) is 0 Å². The van der Waals surface area contributed by atoms with E-state index < -0.39 is 0 Å². The zero-order chi connectivity index (χ0) is 14.7. The van der Waals surface area contributed by atoms with Crippen LogP contribution < -0.4 is 5.43 Å². The fraction of sp³-hybridized carbons (Fsp3) is 0.500. The molecule has 1 aliphatic heterocycles. The zero-order valence-electron chi connectivity index (χ0n) is 13.5. The normalized spacial score (nSPS) is 22.2. The van der Waals surface area contributed by atoms with Gasteiger partial charge in [0.1, 0.15) is 0 Å². The molecule has 22 heavy (non-hydrogen) atoms. The summed E-state index contributed by atoms with van der Waals surface area (Å²) in [6.07, 6.45) is 7.15. The predicted molar refractivity (Wildman–Crippen MR) is 105 cm³/mol. The van der Waals surface area contributed by atoms with Crippen LogP contribution in [-0.4, -0.2) is 23.7 Å². The van der Waals surface area contributed by atoms with Crippen molar-refractivity contribution in [2.45, 2.75) is 39.5 Å². The number of hydrogen-bond donors (Lipinski definition) is 1. The molecule has 1 heterocycles. The van der Waals surface area contributed by atoms with Gasteiger partial charge in [0, 0.05) is 18.8 Å². The van der Waals surface area contributed by atoms with Crippen molar-refractivity contribution in [2.24, 2.45) is 10.5 Å². The molecule has 0 radical (unpaired) electrons. The molecule has 0 aromatic heterocycles. The van der Waals surface area contributed by atoms with Crippen molar-refractivity contribution in [3.63, 3.8) is 0 Å². The minimum absolute atomic E-state index is 0. The Morgan fingerprint density at radius 2 is 1.73 bits per heavy atom. The van der Waals surface area contributed by atoms with E-state index in [0.29, 0.717) is 5.41 Å². The molecule has 0 amide bonds. The summed E-state index contributed by atoms with van der Waals surface area (Å²) in [5.74, 6) is 0. The van der Waals surface area contributed by atoms with Gasteiger partial charge in [0.25, 0.3) is 0 Å². The average Bonchev–Trinajstić information content (AvgIpc) is 2.99. The molecule has 120 valence electrons. The van der Waals surface area contributed by atoms with E-state index >= 15 is 0 Å². The minimum Gasteiger partial charge on any atom is -0.375 e. The number of hydrazone groups is 1. The van der Waals surface area contributed by atoms with Crippen LogP contribution in [-0.2, 0) is 0 Å². The Bertz CT molecular complexity index is 543. The molecule has 1 aliphatic carbocycles. The summed E-state index contributed by atoms with van der Waals surface area (Å²) in [6.45, 7) is 7.10. The minimum atomic E-state index is 0. The van der Waals surface area contributed by atoms with E-state index in [2.05, 4.69) is 35.4 Å². The van der Waals surface area contributed by atoms with Gasteiger partial charge in [-0.1, -0.05) is 32.0 Å². The summed E-state index contributed by atoms with van der Waals surface area (Å²) >= 11 is 0. The van der Waals surface area contributed by atoms with Crippen LogP contribution in [0.15, 0.2) is 47.2 Å². The average molecular weight is 411 g/mol. The molecule has 1 saturated heterocycles. The maximum absolute atomic E-state index is 4.63. The van der Waals surface area contributed by atoms with Gasteiger partial charge in [-0.2, -0.15) is 5.10 Å². The van der Waals surface area contributed by atoms with Crippen molar-refractivity contribution >= 4 is 35.4 Å². The lowest BCUT2D eigenvalue weighted by atomic mass is 9.78. The second kappa shape index (κ2) is 7.49. The van der Waals surface area contributed by atoms with E-state index in [-0.39, 0.29) is 24.0 Å². The van der Waals surface area contributed by atoms with Crippen LogP contribution in [0.4, 0.5) is 5.69 Å². The number of benzene rings is 1. The second-order valence-electron chi connectivity index (χ2n) is 6.93. The van der Waals surface area contributed by atoms with E-state index in [0.717, 1.165) is 24.2 Å². The molecule has 3 rings (SSSR count). The maximum Gasteiger partial charge on any atom is 0.0629 e. The number of para-hydroxylation sites is 1. The summed E-state index contributed by atoms with van der Waals surface area (Å²) in [4.78, 5) is 2.54. The van der Waals surface area contributed by atoms with Crippen molar-refractivity contribution in [1.82, 2.24) is 4.90 Å². The van der Waals surface area contributed by atoms with Gasteiger partial charge in [-0.3, -0.25) is 5.43 Å². The van der Waals surface area contributed by atoms with E-state index in [1.165, 1.54) is 31.6 Å². The molecule has 1 aromatic carbocycles. The third-order valence-corrected chi connectivity index (χ3v) is 4.27. The molecule has 0 atom stereocenters. The van der Waals surface area contributed by atoms with Crippen LogP contribution in [0.25, 0.3) is 0 Å². The number of anilines is 1. The SMILES string of the molecule is CC1(C)CC(N2CCCC2)=C/C(=N\Nc2ccccc2)C1.I. The number of nitrogens with one attached hydrogen (secondary N) is 1. The van der Waals surface area contributed by atoms with E-state index in [9.17, 15) is 0 Å². The molecule has 1 fully saturated rings. The van der Waals surface area contributed by atoms with Crippen LogP contribution in [0.5, 0.6) is 0 Å². The molecule has 2 aliphatic rings. The third kappa shape index (κ3) is 4.48. The van der Waals surface area contributed by atoms with Crippen molar-refractivity contribution in [2.75, 3.05) is 18.5 Å². The van der Waals surface area contributed by atoms with Crippen LogP contribution in [0.2, 0.25) is 0 Å². The summed E-state index contributed by atoms with van der Waals surface area (Å²) in [7, 11) is 0. The smallest absolute Gasteiger partial charge is 0.0629 e. The van der Waals surface area contributed by atoms with Gasteiger partial charge in [0.15, 0.2) is 0 Å². The third-order valence-electron chi connectivity index (χ3n) is 4.27. The van der Waals surface area contributed by atoms with Gasteiger partial charge in [-0.05, 0) is 49.3 Å². The Balaban J connectivity index is 0.00000176. The molecule has 4 heteroatoms. The van der Waals surface area contributed by atoms with Gasteiger partial charge >= 0.3 is 0 Å². The van der Waals surface area contributed by atoms with E-state index in [1.54, 1.807) is 0 Å². The Morgan fingerprint density at radius 3 is 2.41 bits per heavy atom. The first-order valence-corrected chi connectivity index (χ1v) is 7.96. The van der Waals surface area contributed by atoms with Crippen LogP contribution in [0.1, 0.15) is 39.5 Å². The summed E-state index contributed by atoms with van der Waals surface area (Å²) in [5.41, 5.74) is 7.16. The highest BCUT2D eigenvalue weighted by Crippen LogP contribution is 2.36. The fourth-order valence-electron chi connectivity index (χ4n) is 3.27. The lowest BCUT2D eigenvalue weighted by molar-refractivity contribution is 0.305. The Morgan fingerprint density at radius 1 is 1.05 bits per heavy atom. The first-order valence-electron chi connectivity index (χ1n) is 7.96. The lowest BCUT2D eigenvalue weighted by Crippen LogP contribution is -2.30. The zero-order valence-corrected chi connectivity index (χ0v) is 15.8. The number of likely N-dealkylation sites (tertiary alicyclic amines) is 1. The van der Waals surface area contributed by atoms with E-state index in [1.807, 2.05) is 30.3 Å². The number of rotatable bonds is 3. The van der Waals surface area contributed by atoms with Crippen molar-refractivity contribution < 1.29 is 0 Å². The van der Waals surface area contributed by atoms with Gasteiger partial charge in [-0.25, -0.2) is 0 Å². The van der Waals surface area contributed by atoms with Crippen LogP contribution in [0.3, 0.4) is 0 Å². The number of allylic oxidation sites excluding steroid dienone is 2. The molecular formula is C18H26IN3. The quantitative estimate of drug-likeness (QED) is 0.568. The van der Waals surface area contributed by atoms with Crippen molar-refractivity contribution in [1.29, 1.82) is 0 Å². The molecule has 0 bridgehead atoms. The summed E-state index contributed by atoms with van der Waals surface area (Å²) < 4.78 is 0. The highest BCUT2D eigenvalue weighted by Gasteiger charge is 2.29. The van der Waals surface area contributed by atoms with Gasteiger partial charge < -0.3 is 4.90 Å². The Hall–Kier alpha value is -1.04. The van der Waals surface area contributed by atoms with Gasteiger partial charge in [0.05, 0.1) is 11.4 Å². The Labute approximate surface area is 150 Å². The molecule has 1 aromatic rings. The Kier molecular flexibility index (Phi) is 5.89. The fourth-order valence-corrected chi connectivity index (χ4v) is 3.27. The van der Waals surface area contributed by atoms with Crippen molar-refractivity contribution in [3.05, 3.63) is 42.1 Å². The number of hydrogen-bond acceptors (Lipinski definition) is 3. The summed E-state index contributed by atoms with van der Waals surface area (Å²) in [5, 5.41) is 4.63. The molecule has 0 unspecified atom stereocenters. The standard InChI is InChI=1S/C18H25N3.HI/c1-18(2)13-16(20-19-15-8-4-3-5-9-15)12-17(14-18)21-10-6-7-11-21;/h3-5,8-9,12,19H,6-7,10-11,13-14H2,1-2H3;1H/b20-16+;. The largest absolute Gasteiger partial charge is 0.375 e. The first-order chi connectivity index (χ1) is 10.1. The summed E-state index contributed by atoms with van der Waals surface area (Å²) in [6, 6.07) is 10.2.